The highest BCUT2D eigenvalue weighted by Gasteiger charge is 2.20. The van der Waals surface area contributed by atoms with Gasteiger partial charge in [-0.1, -0.05) is 38.3 Å². The second kappa shape index (κ2) is 7.72. The summed E-state index contributed by atoms with van der Waals surface area (Å²) in [7, 11) is 0. The Bertz CT molecular complexity index is 870. The quantitative estimate of drug-likeness (QED) is 0.702. The summed E-state index contributed by atoms with van der Waals surface area (Å²) >= 11 is 0. The van der Waals surface area contributed by atoms with Gasteiger partial charge in [0.2, 0.25) is 0 Å². The molecule has 136 valence electrons. The smallest absolute Gasteiger partial charge is 0.399 e. The highest BCUT2D eigenvalue weighted by Crippen LogP contribution is 2.25. The number of aromatic nitrogens is 4. The van der Waals surface area contributed by atoms with Crippen LogP contribution in [-0.2, 0) is 6.42 Å². The van der Waals surface area contributed by atoms with Crippen molar-refractivity contribution >= 4 is 22.8 Å². The molecule has 3 N–H and O–H groups in total. The zero-order valence-corrected chi connectivity index (χ0v) is 15.2. The SMILES string of the molecule is CCc1cccc(Nc2nc3nc[nH]c3c(OCC3CCCCC3)[nH+]2)c1. The molecule has 1 aliphatic rings. The Kier molecular flexibility index (Phi) is 5.00. The van der Waals surface area contributed by atoms with Crippen LogP contribution in [0.2, 0.25) is 0 Å². The number of benzene rings is 1. The minimum atomic E-state index is 0.636. The van der Waals surface area contributed by atoms with E-state index >= 15 is 0 Å². The summed E-state index contributed by atoms with van der Waals surface area (Å²) in [6.07, 6.45) is 9.15. The molecule has 2 aromatic heterocycles. The number of imidazole rings is 1. The highest BCUT2D eigenvalue weighted by molar-refractivity contribution is 5.75. The lowest BCUT2D eigenvalue weighted by molar-refractivity contribution is -0.380. The number of nitrogens with zero attached hydrogens (tertiary/aromatic N) is 2. The van der Waals surface area contributed by atoms with Crippen LogP contribution in [0.25, 0.3) is 11.2 Å². The number of nitrogens with one attached hydrogen (secondary N) is 3. The normalized spacial score (nSPS) is 15.3. The monoisotopic (exact) mass is 352 g/mol. The van der Waals surface area contributed by atoms with E-state index in [1.807, 2.05) is 6.07 Å². The number of aryl methyl sites for hydroxylation is 1. The second-order valence-electron chi connectivity index (χ2n) is 7.01. The molecule has 1 aromatic carbocycles. The predicted octanol–water partition coefficient (Wildman–Crippen LogP) is 4.04. The van der Waals surface area contributed by atoms with Gasteiger partial charge in [0.25, 0.3) is 11.5 Å². The van der Waals surface area contributed by atoms with Crippen molar-refractivity contribution in [1.82, 2.24) is 15.0 Å². The molecule has 0 spiro atoms. The third-order valence-corrected chi connectivity index (χ3v) is 5.08. The molecule has 1 fully saturated rings. The molecule has 1 saturated carbocycles. The number of fused-ring (bicyclic) bond motifs is 1. The van der Waals surface area contributed by atoms with Crippen molar-refractivity contribution < 1.29 is 9.72 Å². The fourth-order valence-corrected chi connectivity index (χ4v) is 3.57. The van der Waals surface area contributed by atoms with E-state index in [0.29, 0.717) is 23.4 Å². The van der Waals surface area contributed by atoms with Crippen molar-refractivity contribution in [3.05, 3.63) is 36.2 Å². The molecule has 26 heavy (non-hydrogen) atoms. The van der Waals surface area contributed by atoms with E-state index < -0.39 is 0 Å². The average molecular weight is 352 g/mol. The standard InChI is InChI=1S/C20H25N5O/c1-2-14-9-6-10-16(11-14)23-20-24-18-17(21-13-22-18)19(25-20)26-12-15-7-4-3-5-8-15/h6,9-11,13,15H,2-5,7-8,12H2,1H3,(H2,21,22,23,24,25)/p+1. The van der Waals surface area contributed by atoms with Gasteiger partial charge in [-0.2, -0.15) is 0 Å². The lowest BCUT2D eigenvalue weighted by Gasteiger charge is -2.21. The number of rotatable bonds is 6. The van der Waals surface area contributed by atoms with Crippen molar-refractivity contribution in [2.75, 3.05) is 11.9 Å². The van der Waals surface area contributed by atoms with E-state index in [9.17, 15) is 0 Å². The van der Waals surface area contributed by atoms with Crippen LogP contribution in [0.1, 0.15) is 44.6 Å². The molecule has 0 bridgehead atoms. The minimum absolute atomic E-state index is 0.636. The molecule has 3 aromatic rings. The van der Waals surface area contributed by atoms with Gasteiger partial charge in [-0.05, 0) is 47.9 Å². The first kappa shape index (κ1) is 16.8. The van der Waals surface area contributed by atoms with Crippen molar-refractivity contribution in [3.63, 3.8) is 0 Å². The minimum Gasteiger partial charge on any atom is -0.466 e. The van der Waals surface area contributed by atoms with E-state index in [1.165, 1.54) is 37.7 Å². The van der Waals surface area contributed by atoms with Crippen LogP contribution in [0.15, 0.2) is 30.6 Å². The molecule has 6 heteroatoms. The van der Waals surface area contributed by atoms with Gasteiger partial charge in [-0.3, -0.25) is 0 Å². The Morgan fingerprint density at radius 3 is 3.00 bits per heavy atom. The summed E-state index contributed by atoms with van der Waals surface area (Å²) < 4.78 is 6.13. The largest absolute Gasteiger partial charge is 0.466 e. The number of ether oxygens (including phenoxy) is 1. The second-order valence-corrected chi connectivity index (χ2v) is 7.01. The molecule has 1 aliphatic carbocycles. The van der Waals surface area contributed by atoms with Crippen LogP contribution in [0.4, 0.5) is 11.6 Å². The van der Waals surface area contributed by atoms with Crippen LogP contribution in [0, 0.1) is 5.92 Å². The number of hydrogen-bond acceptors (Lipinski definition) is 4. The molecule has 0 unspecified atom stereocenters. The fourth-order valence-electron chi connectivity index (χ4n) is 3.57. The van der Waals surface area contributed by atoms with E-state index in [2.05, 4.69) is 50.4 Å². The first-order valence-electron chi connectivity index (χ1n) is 9.57. The maximum Gasteiger partial charge on any atom is 0.399 e. The van der Waals surface area contributed by atoms with Gasteiger partial charge in [-0.25, -0.2) is 15.3 Å². The summed E-state index contributed by atoms with van der Waals surface area (Å²) in [5.41, 5.74) is 3.75. The van der Waals surface area contributed by atoms with E-state index in [1.54, 1.807) is 6.33 Å². The molecular weight excluding hydrogens is 326 g/mol. The van der Waals surface area contributed by atoms with Gasteiger partial charge < -0.3 is 9.72 Å². The first-order valence-corrected chi connectivity index (χ1v) is 9.57. The van der Waals surface area contributed by atoms with Gasteiger partial charge in [-0.15, -0.1) is 0 Å². The third kappa shape index (κ3) is 3.79. The number of H-pyrrole nitrogens is 2. The van der Waals surface area contributed by atoms with Crippen LogP contribution in [0.3, 0.4) is 0 Å². The van der Waals surface area contributed by atoms with E-state index in [4.69, 9.17) is 4.74 Å². The van der Waals surface area contributed by atoms with Crippen molar-refractivity contribution in [2.24, 2.45) is 5.92 Å². The highest BCUT2D eigenvalue weighted by atomic mass is 16.5. The molecule has 0 atom stereocenters. The van der Waals surface area contributed by atoms with Crippen LogP contribution < -0.4 is 15.0 Å². The molecule has 0 aliphatic heterocycles. The van der Waals surface area contributed by atoms with Crippen LogP contribution in [-0.4, -0.2) is 21.6 Å². The Balaban J connectivity index is 1.55. The molecule has 4 rings (SSSR count). The first-order chi connectivity index (χ1) is 12.8. The van der Waals surface area contributed by atoms with Gasteiger partial charge in [0.05, 0.1) is 18.6 Å². The average Bonchev–Trinajstić information content (AvgIpc) is 3.16. The lowest BCUT2D eigenvalue weighted by atomic mass is 9.90. The fraction of sp³-hybridized carbons (Fsp3) is 0.450. The van der Waals surface area contributed by atoms with Crippen LogP contribution in [0.5, 0.6) is 5.88 Å². The van der Waals surface area contributed by atoms with Gasteiger partial charge in [0.1, 0.15) is 0 Å². The zero-order chi connectivity index (χ0) is 17.8. The van der Waals surface area contributed by atoms with Crippen molar-refractivity contribution in [1.29, 1.82) is 0 Å². The molecule has 0 radical (unpaired) electrons. The number of anilines is 2. The lowest BCUT2D eigenvalue weighted by Crippen LogP contribution is -2.21. The number of aromatic amines is 2. The van der Waals surface area contributed by atoms with Gasteiger partial charge >= 0.3 is 5.95 Å². The third-order valence-electron chi connectivity index (χ3n) is 5.08. The Hall–Kier alpha value is -2.63. The Morgan fingerprint density at radius 1 is 1.27 bits per heavy atom. The Morgan fingerprint density at radius 2 is 2.15 bits per heavy atom. The predicted molar refractivity (Wildman–Crippen MR) is 102 cm³/mol. The molecule has 0 amide bonds. The number of hydrogen-bond donors (Lipinski definition) is 2. The van der Waals surface area contributed by atoms with Gasteiger partial charge in [0, 0.05) is 0 Å². The summed E-state index contributed by atoms with van der Waals surface area (Å²) in [4.78, 5) is 15.3. The molecule has 6 nitrogen and oxygen atoms in total. The Labute approximate surface area is 153 Å². The maximum atomic E-state index is 6.13. The van der Waals surface area contributed by atoms with Crippen molar-refractivity contribution in [3.8, 4) is 5.88 Å². The summed E-state index contributed by atoms with van der Waals surface area (Å²) in [6, 6.07) is 8.34. The topological polar surface area (TPSA) is 77.0 Å². The van der Waals surface area contributed by atoms with E-state index in [-0.39, 0.29) is 0 Å². The van der Waals surface area contributed by atoms with Crippen LogP contribution >= 0.6 is 0 Å². The summed E-state index contributed by atoms with van der Waals surface area (Å²) in [5.74, 6) is 1.98. The molecular formula is C20H26N5O+. The summed E-state index contributed by atoms with van der Waals surface area (Å²) in [6.45, 7) is 2.88. The maximum absolute atomic E-state index is 6.13. The molecule has 2 heterocycles. The zero-order valence-electron chi connectivity index (χ0n) is 15.2. The van der Waals surface area contributed by atoms with Gasteiger partial charge in [0.15, 0.2) is 5.52 Å². The summed E-state index contributed by atoms with van der Waals surface area (Å²) in [5, 5.41) is 3.34. The molecule has 0 saturated heterocycles. The van der Waals surface area contributed by atoms with E-state index in [0.717, 1.165) is 24.2 Å². The van der Waals surface area contributed by atoms with Crippen molar-refractivity contribution in [2.45, 2.75) is 45.4 Å².